The van der Waals surface area contributed by atoms with Crippen LogP contribution in [0.4, 0.5) is 0 Å². The van der Waals surface area contributed by atoms with E-state index in [0.717, 1.165) is 32.4 Å². The number of piperidine rings is 1. The van der Waals surface area contributed by atoms with Crippen LogP contribution in [0.5, 0.6) is 0 Å². The topological polar surface area (TPSA) is 56.7 Å². The van der Waals surface area contributed by atoms with Crippen LogP contribution in [0.3, 0.4) is 0 Å². The lowest BCUT2D eigenvalue weighted by molar-refractivity contribution is -0.135. The van der Waals surface area contributed by atoms with Gasteiger partial charge in [-0.3, -0.25) is 9.78 Å². The summed E-state index contributed by atoms with van der Waals surface area (Å²) >= 11 is 0. The number of aromatic nitrogens is 1. The third-order valence-electron chi connectivity index (χ3n) is 5.81. The molecule has 5 heteroatoms. The quantitative estimate of drug-likeness (QED) is 0.864. The molecular formula is C19H29N3O2. The minimum Gasteiger partial charge on any atom is -0.387 e. The van der Waals surface area contributed by atoms with Gasteiger partial charge in [0.05, 0.1) is 0 Å². The summed E-state index contributed by atoms with van der Waals surface area (Å²) in [7, 11) is 0. The first-order chi connectivity index (χ1) is 11.7. The van der Waals surface area contributed by atoms with Gasteiger partial charge >= 0.3 is 0 Å². The van der Waals surface area contributed by atoms with Gasteiger partial charge in [0.25, 0.3) is 0 Å². The second-order valence-corrected chi connectivity index (χ2v) is 7.21. The van der Waals surface area contributed by atoms with Crippen molar-refractivity contribution in [1.29, 1.82) is 0 Å². The Kier molecular flexibility index (Phi) is 5.85. The number of nitrogens with zero attached hydrogens (tertiary/aromatic N) is 3. The number of hydrogen-bond acceptors (Lipinski definition) is 4. The van der Waals surface area contributed by atoms with Gasteiger partial charge in [-0.1, -0.05) is 6.07 Å². The highest BCUT2D eigenvalue weighted by Crippen LogP contribution is 2.39. The zero-order valence-electron chi connectivity index (χ0n) is 14.5. The van der Waals surface area contributed by atoms with Crippen LogP contribution < -0.4 is 0 Å². The van der Waals surface area contributed by atoms with Gasteiger partial charge in [0.15, 0.2) is 0 Å². The Labute approximate surface area is 144 Å². The van der Waals surface area contributed by atoms with Crippen LogP contribution in [0.1, 0.15) is 44.1 Å². The van der Waals surface area contributed by atoms with Crippen LogP contribution in [0.2, 0.25) is 0 Å². The monoisotopic (exact) mass is 331 g/mol. The molecule has 5 nitrogen and oxygen atoms in total. The summed E-state index contributed by atoms with van der Waals surface area (Å²) in [5.41, 5.74) is 1.43. The molecule has 1 aromatic rings. The van der Waals surface area contributed by atoms with Crippen LogP contribution in [0.25, 0.3) is 0 Å². The van der Waals surface area contributed by atoms with Crippen molar-refractivity contribution in [2.24, 2.45) is 0 Å². The number of aliphatic hydroxyl groups is 1. The van der Waals surface area contributed by atoms with Gasteiger partial charge in [-0.25, -0.2) is 0 Å². The minimum atomic E-state index is -0.380. The molecule has 0 bridgehead atoms. The van der Waals surface area contributed by atoms with E-state index in [0.29, 0.717) is 0 Å². The van der Waals surface area contributed by atoms with Crippen molar-refractivity contribution in [2.75, 3.05) is 39.3 Å². The third kappa shape index (κ3) is 3.95. The molecule has 0 aliphatic carbocycles. The number of aliphatic hydroxyl groups excluding tert-OH is 1. The van der Waals surface area contributed by atoms with Gasteiger partial charge in [-0.05, 0) is 69.8 Å². The lowest BCUT2D eigenvalue weighted by Gasteiger charge is -2.42. The maximum Gasteiger partial charge on any atom is 0.248 e. The largest absolute Gasteiger partial charge is 0.387 e. The van der Waals surface area contributed by atoms with Crippen LogP contribution >= 0.6 is 0 Å². The predicted molar refractivity (Wildman–Crippen MR) is 93.7 cm³/mol. The molecule has 3 heterocycles. The van der Waals surface area contributed by atoms with Crippen molar-refractivity contribution >= 4 is 5.91 Å². The normalized spacial score (nSPS) is 21.1. The molecule has 1 amide bonds. The van der Waals surface area contributed by atoms with E-state index in [1.165, 1.54) is 44.5 Å². The fourth-order valence-corrected chi connectivity index (χ4v) is 4.29. The molecule has 132 valence electrons. The summed E-state index contributed by atoms with van der Waals surface area (Å²) in [5, 5.41) is 9.09. The molecule has 2 aliphatic rings. The van der Waals surface area contributed by atoms with Crippen molar-refractivity contribution in [3.05, 3.63) is 30.1 Å². The molecule has 0 saturated carbocycles. The number of carbonyl (C=O) groups is 1. The second-order valence-electron chi connectivity index (χ2n) is 7.21. The Morgan fingerprint density at radius 3 is 2.58 bits per heavy atom. The van der Waals surface area contributed by atoms with Crippen LogP contribution in [-0.4, -0.2) is 65.1 Å². The highest BCUT2D eigenvalue weighted by atomic mass is 16.3. The second kappa shape index (κ2) is 8.08. The van der Waals surface area contributed by atoms with E-state index in [9.17, 15) is 4.79 Å². The van der Waals surface area contributed by atoms with Gasteiger partial charge in [-0.2, -0.15) is 0 Å². The van der Waals surface area contributed by atoms with Gasteiger partial charge in [0.2, 0.25) is 5.91 Å². The number of rotatable bonds is 6. The molecule has 0 aromatic carbocycles. The number of hydrogen-bond donors (Lipinski definition) is 1. The highest BCUT2D eigenvalue weighted by Gasteiger charge is 2.37. The van der Waals surface area contributed by atoms with Crippen LogP contribution in [-0.2, 0) is 10.2 Å². The standard InChI is InChI=1S/C19H29N3O2/c23-16-18(24)22-13-7-19(8-14-22,17-5-3-9-20-15-17)6-4-12-21-10-1-2-11-21/h3,5,9,15,23H,1-2,4,6-8,10-14,16H2. The summed E-state index contributed by atoms with van der Waals surface area (Å²) in [6, 6.07) is 4.20. The first kappa shape index (κ1) is 17.4. The lowest BCUT2D eigenvalue weighted by Crippen LogP contribution is -2.46. The van der Waals surface area contributed by atoms with Gasteiger partial charge in [0, 0.05) is 30.9 Å². The predicted octanol–water partition coefficient (Wildman–Crippen LogP) is 1.81. The fraction of sp³-hybridized carbons (Fsp3) is 0.684. The molecule has 0 atom stereocenters. The SMILES string of the molecule is O=C(CO)N1CCC(CCCN2CCCC2)(c2cccnc2)CC1. The maximum atomic E-state index is 11.8. The van der Waals surface area contributed by atoms with E-state index in [-0.39, 0.29) is 17.9 Å². The molecule has 24 heavy (non-hydrogen) atoms. The van der Waals surface area contributed by atoms with Crippen LogP contribution in [0.15, 0.2) is 24.5 Å². The van der Waals surface area contributed by atoms with Gasteiger partial charge < -0.3 is 14.9 Å². The van der Waals surface area contributed by atoms with E-state index in [1.54, 1.807) is 4.90 Å². The highest BCUT2D eigenvalue weighted by molar-refractivity contribution is 5.77. The summed E-state index contributed by atoms with van der Waals surface area (Å²) in [5.74, 6) is -0.146. The lowest BCUT2D eigenvalue weighted by atomic mass is 9.70. The zero-order chi connectivity index (χ0) is 16.8. The average Bonchev–Trinajstić information content (AvgIpc) is 3.16. The van der Waals surface area contributed by atoms with E-state index in [2.05, 4.69) is 16.0 Å². The molecular weight excluding hydrogens is 302 g/mol. The number of likely N-dealkylation sites (tertiary alicyclic amines) is 2. The van der Waals surface area contributed by atoms with Gasteiger partial charge in [0.1, 0.15) is 6.61 Å². The Bertz CT molecular complexity index is 521. The van der Waals surface area contributed by atoms with Crippen molar-refractivity contribution in [2.45, 2.75) is 43.9 Å². The summed E-state index contributed by atoms with van der Waals surface area (Å²) in [4.78, 5) is 20.5. The fourth-order valence-electron chi connectivity index (χ4n) is 4.29. The zero-order valence-corrected chi connectivity index (χ0v) is 14.5. The molecule has 0 spiro atoms. The van der Waals surface area contributed by atoms with E-state index < -0.39 is 0 Å². The van der Waals surface area contributed by atoms with Gasteiger partial charge in [-0.15, -0.1) is 0 Å². The van der Waals surface area contributed by atoms with Crippen molar-refractivity contribution in [1.82, 2.24) is 14.8 Å². The minimum absolute atomic E-state index is 0.125. The number of amides is 1. The molecule has 3 rings (SSSR count). The molecule has 2 aliphatic heterocycles. The van der Waals surface area contributed by atoms with Crippen molar-refractivity contribution in [3.63, 3.8) is 0 Å². The first-order valence-corrected chi connectivity index (χ1v) is 9.25. The Balaban J connectivity index is 1.65. The Morgan fingerprint density at radius 2 is 1.96 bits per heavy atom. The molecule has 0 unspecified atom stereocenters. The Morgan fingerprint density at radius 1 is 1.21 bits per heavy atom. The first-order valence-electron chi connectivity index (χ1n) is 9.25. The van der Waals surface area contributed by atoms with Crippen molar-refractivity contribution < 1.29 is 9.90 Å². The molecule has 1 aromatic heterocycles. The summed E-state index contributed by atoms with van der Waals surface area (Å²) in [6.45, 7) is 4.77. The van der Waals surface area contributed by atoms with E-state index >= 15 is 0 Å². The summed E-state index contributed by atoms with van der Waals surface area (Å²) in [6.07, 6.45) is 10.8. The van der Waals surface area contributed by atoms with Crippen LogP contribution in [0, 0.1) is 0 Å². The number of pyridine rings is 1. The van der Waals surface area contributed by atoms with E-state index in [1.807, 2.05) is 18.5 Å². The van der Waals surface area contributed by atoms with Crippen molar-refractivity contribution in [3.8, 4) is 0 Å². The van der Waals surface area contributed by atoms with E-state index in [4.69, 9.17) is 5.11 Å². The summed E-state index contributed by atoms with van der Waals surface area (Å²) < 4.78 is 0. The molecule has 2 saturated heterocycles. The molecule has 1 N–H and O–H groups in total. The average molecular weight is 331 g/mol. The Hall–Kier alpha value is -1.46. The smallest absolute Gasteiger partial charge is 0.248 e. The third-order valence-corrected chi connectivity index (χ3v) is 5.81. The molecule has 0 radical (unpaired) electrons. The number of carbonyl (C=O) groups excluding carboxylic acids is 1. The maximum absolute atomic E-state index is 11.8. The molecule has 2 fully saturated rings.